The van der Waals surface area contributed by atoms with Crippen molar-refractivity contribution in [3.05, 3.63) is 35.4 Å². The standard InChI is InChI=1S/C13H14F3N3OS/c1-12(2)19(18-11(17-3)21-12)10(20)8-6-4-5-7-9(8)13(14,15)16/h4-7H,1-3H3,(H,17,18). The topological polar surface area (TPSA) is 44.7 Å². The number of nitrogens with zero attached hydrogens (tertiary/aromatic N) is 2. The van der Waals surface area contributed by atoms with E-state index in [4.69, 9.17) is 0 Å². The molecule has 0 unspecified atom stereocenters. The normalized spacial score (nSPS) is 19.7. The van der Waals surface area contributed by atoms with Crippen LogP contribution in [0.25, 0.3) is 0 Å². The molecule has 1 amide bonds. The molecule has 0 saturated carbocycles. The van der Waals surface area contributed by atoms with Crippen molar-refractivity contribution in [3.8, 4) is 0 Å². The van der Waals surface area contributed by atoms with Crippen molar-refractivity contribution >= 4 is 22.8 Å². The first-order valence-electron chi connectivity index (χ1n) is 6.10. The Hall–Kier alpha value is -1.70. The van der Waals surface area contributed by atoms with E-state index < -0.39 is 22.5 Å². The second-order valence-corrected chi connectivity index (χ2v) is 6.46. The average molecular weight is 317 g/mol. The molecule has 1 aromatic carbocycles. The van der Waals surface area contributed by atoms with Gasteiger partial charge in [-0.2, -0.15) is 13.2 Å². The van der Waals surface area contributed by atoms with E-state index in [1.807, 2.05) is 0 Å². The lowest BCUT2D eigenvalue weighted by atomic mass is 10.1. The summed E-state index contributed by atoms with van der Waals surface area (Å²) in [5.41, 5.74) is 1.41. The molecule has 0 spiro atoms. The van der Waals surface area contributed by atoms with Crippen molar-refractivity contribution in [1.82, 2.24) is 10.4 Å². The van der Waals surface area contributed by atoms with Gasteiger partial charge in [0.1, 0.15) is 4.87 Å². The molecule has 1 aliphatic rings. The Bertz CT molecular complexity index is 599. The number of alkyl halides is 3. The number of nitrogens with one attached hydrogen (secondary N) is 1. The number of hydrazine groups is 1. The second-order valence-electron chi connectivity index (χ2n) is 4.87. The first-order chi connectivity index (χ1) is 9.66. The summed E-state index contributed by atoms with van der Waals surface area (Å²) in [6.07, 6.45) is -4.58. The molecule has 0 atom stereocenters. The van der Waals surface area contributed by atoms with Gasteiger partial charge in [0.25, 0.3) is 5.91 Å². The van der Waals surface area contributed by atoms with Gasteiger partial charge in [-0.1, -0.05) is 23.9 Å². The van der Waals surface area contributed by atoms with E-state index >= 15 is 0 Å². The molecule has 4 nitrogen and oxygen atoms in total. The Morgan fingerprint density at radius 1 is 1.33 bits per heavy atom. The van der Waals surface area contributed by atoms with E-state index in [0.717, 1.165) is 6.07 Å². The van der Waals surface area contributed by atoms with Gasteiger partial charge in [-0.25, -0.2) is 5.01 Å². The van der Waals surface area contributed by atoms with Gasteiger partial charge in [-0.05, 0) is 26.0 Å². The van der Waals surface area contributed by atoms with Gasteiger partial charge in [-0.15, -0.1) is 0 Å². The Morgan fingerprint density at radius 2 is 1.95 bits per heavy atom. The van der Waals surface area contributed by atoms with Crippen LogP contribution in [0.4, 0.5) is 13.2 Å². The smallest absolute Gasteiger partial charge is 0.272 e. The van der Waals surface area contributed by atoms with Crippen molar-refractivity contribution < 1.29 is 18.0 Å². The van der Waals surface area contributed by atoms with Crippen molar-refractivity contribution in [1.29, 1.82) is 0 Å². The summed E-state index contributed by atoms with van der Waals surface area (Å²) in [6.45, 7) is 3.47. The molecule has 8 heteroatoms. The Kier molecular flexibility index (Phi) is 3.92. The highest BCUT2D eigenvalue weighted by atomic mass is 32.2. The highest BCUT2D eigenvalue weighted by Crippen LogP contribution is 2.37. The van der Waals surface area contributed by atoms with Crippen LogP contribution in [0.15, 0.2) is 29.3 Å². The fourth-order valence-electron chi connectivity index (χ4n) is 1.96. The van der Waals surface area contributed by atoms with Crippen LogP contribution in [0.2, 0.25) is 0 Å². The number of hydrogen-bond acceptors (Lipinski definition) is 3. The predicted molar refractivity (Wildman–Crippen MR) is 75.8 cm³/mol. The lowest BCUT2D eigenvalue weighted by molar-refractivity contribution is -0.138. The van der Waals surface area contributed by atoms with Gasteiger partial charge in [0.05, 0.1) is 11.1 Å². The summed E-state index contributed by atoms with van der Waals surface area (Å²) in [5, 5.41) is 1.66. The zero-order valence-corrected chi connectivity index (χ0v) is 12.5. The maximum Gasteiger partial charge on any atom is 0.417 e. The van der Waals surface area contributed by atoms with E-state index in [2.05, 4.69) is 10.4 Å². The monoisotopic (exact) mass is 317 g/mol. The van der Waals surface area contributed by atoms with E-state index in [-0.39, 0.29) is 5.56 Å². The van der Waals surface area contributed by atoms with Crippen molar-refractivity contribution in [2.24, 2.45) is 4.99 Å². The fraction of sp³-hybridized carbons (Fsp3) is 0.385. The maximum absolute atomic E-state index is 13.0. The van der Waals surface area contributed by atoms with Crippen LogP contribution in [0, 0.1) is 0 Å². The molecule has 1 aromatic rings. The molecule has 1 aliphatic heterocycles. The maximum atomic E-state index is 13.0. The summed E-state index contributed by atoms with van der Waals surface area (Å²) < 4.78 is 39.0. The van der Waals surface area contributed by atoms with Gasteiger partial charge in [0.15, 0.2) is 5.17 Å². The Balaban J connectivity index is 2.42. The highest BCUT2D eigenvalue weighted by Gasteiger charge is 2.43. The van der Waals surface area contributed by atoms with Gasteiger partial charge < -0.3 is 0 Å². The van der Waals surface area contributed by atoms with Gasteiger partial charge in [0.2, 0.25) is 0 Å². The number of benzene rings is 1. The second kappa shape index (κ2) is 5.25. The third-order valence-electron chi connectivity index (χ3n) is 2.96. The number of hydrogen-bond donors (Lipinski definition) is 1. The van der Waals surface area contributed by atoms with E-state index in [0.29, 0.717) is 5.17 Å². The molecule has 2 rings (SSSR count). The molecule has 0 aliphatic carbocycles. The van der Waals surface area contributed by atoms with Crippen LogP contribution in [-0.4, -0.2) is 28.0 Å². The van der Waals surface area contributed by atoms with Crippen LogP contribution < -0.4 is 5.43 Å². The average Bonchev–Trinajstić information content (AvgIpc) is 2.72. The molecule has 0 bridgehead atoms. The minimum absolute atomic E-state index is 0.386. The number of amides is 1. The largest absolute Gasteiger partial charge is 0.417 e. The Morgan fingerprint density at radius 3 is 2.48 bits per heavy atom. The fourth-order valence-corrected chi connectivity index (χ4v) is 2.88. The highest BCUT2D eigenvalue weighted by molar-refractivity contribution is 8.15. The van der Waals surface area contributed by atoms with Crippen LogP contribution in [-0.2, 0) is 6.18 Å². The number of amidine groups is 1. The van der Waals surface area contributed by atoms with Crippen LogP contribution >= 0.6 is 11.8 Å². The number of thioether (sulfide) groups is 1. The quantitative estimate of drug-likeness (QED) is 0.865. The van der Waals surface area contributed by atoms with E-state index in [9.17, 15) is 18.0 Å². The summed E-state index contributed by atoms with van der Waals surface area (Å²) in [7, 11) is 1.54. The molecule has 1 N–H and O–H groups in total. The van der Waals surface area contributed by atoms with Gasteiger partial charge in [-0.3, -0.25) is 15.2 Å². The van der Waals surface area contributed by atoms with E-state index in [1.54, 1.807) is 20.9 Å². The first kappa shape index (κ1) is 15.7. The number of halogens is 3. The van der Waals surface area contributed by atoms with Crippen LogP contribution in [0.3, 0.4) is 0 Å². The number of aliphatic imine (C=N–C) groups is 1. The molecule has 1 saturated heterocycles. The number of rotatable bonds is 1. The lowest BCUT2D eigenvalue weighted by Gasteiger charge is -2.29. The van der Waals surface area contributed by atoms with Crippen LogP contribution in [0.1, 0.15) is 29.8 Å². The molecule has 1 fully saturated rings. The van der Waals surface area contributed by atoms with E-state index in [1.165, 1.54) is 35.0 Å². The summed E-state index contributed by atoms with van der Waals surface area (Å²) in [5.74, 6) is -0.737. The Labute approximate surface area is 124 Å². The lowest BCUT2D eigenvalue weighted by Crippen LogP contribution is -2.48. The first-order valence-corrected chi connectivity index (χ1v) is 6.91. The molecule has 0 radical (unpaired) electrons. The molecule has 114 valence electrons. The third kappa shape index (κ3) is 2.99. The summed E-state index contributed by atoms with van der Waals surface area (Å²) in [6, 6.07) is 4.75. The third-order valence-corrected chi connectivity index (χ3v) is 4.11. The van der Waals surface area contributed by atoms with Gasteiger partial charge in [0, 0.05) is 7.05 Å². The minimum atomic E-state index is -4.58. The number of carbonyl (C=O) groups excluding carboxylic acids is 1. The minimum Gasteiger partial charge on any atom is -0.272 e. The van der Waals surface area contributed by atoms with Crippen LogP contribution in [0.5, 0.6) is 0 Å². The zero-order chi connectivity index (χ0) is 15.8. The predicted octanol–water partition coefficient (Wildman–Crippen LogP) is 3.12. The van der Waals surface area contributed by atoms with Crippen molar-refractivity contribution in [3.63, 3.8) is 0 Å². The molecule has 1 heterocycles. The molecule has 21 heavy (non-hydrogen) atoms. The number of carbonyl (C=O) groups is 1. The molecular weight excluding hydrogens is 303 g/mol. The van der Waals surface area contributed by atoms with Gasteiger partial charge >= 0.3 is 6.18 Å². The summed E-state index contributed by atoms with van der Waals surface area (Å²) >= 11 is 1.28. The van der Waals surface area contributed by atoms with Crippen molar-refractivity contribution in [2.45, 2.75) is 24.9 Å². The molecule has 0 aromatic heterocycles. The SMILES string of the molecule is CN=C1NN(C(=O)c2ccccc2C(F)(F)F)C(C)(C)S1. The summed E-state index contributed by atoms with van der Waals surface area (Å²) in [4.78, 5) is 15.7. The van der Waals surface area contributed by atoms with Crippen molar-refractivity contribution in [2.75, 3.05) is 7.05 Å². The molecular formula is C13H14F3N3OS. The zero-order valence-electron chi connectivity index (χ0n) is 11.7.